The zero-order valence-electron chi connectivity index (χ0n) is 12.1. The molecule has 0 amide bonds. The quantitative estimate of drug-likeness (QED) is 0.849. The summed E-state index contributed by atoms with van der Waals surface area (Å²) in [7, 11) is 0. The summed E-state index contributed by atoms with van der Waals surface area (Å²) in [6.07, 6.45) is 0.399. The van der Waals surface area contributed by atoms with Gasteiger partial charge >= 0.3 is 0 Å². The van der Waals surface area contributed by atoms with Crippen LogP contribution in [-0.4, -0.2) is 11.6 Å². The van der Waals surface area contributed by atoms with E-state index in [1.54, 1.807) is 43.3 Å². The Morgan fingerprint density at radius 2 is 1.50 bits per heavy atom. The third kappa shape index (κ3) is 2.25. The van der Waals surface area contributed by atoms with Crippen LogP contribution >= 0.6 is 0 Å². The van der Waals surface area contributed by atoms with Crippen molar-refractivity contribution in [3.05, 3.63) is 81.9 Å². The first-order chi connectivity index (χ1) is 10.6. The molecule has 3 rings (SSSR count). The SMILES string of the molecule is CC1=C(Cc2ccc(C#N)cc2)C(=O)c2ccccc2C1=O. The lowest BCUT2D eigenvalue weighted by Gasteiger charge is -2.19. The number of Topliss-reactive ketones (excluding diaryl/α,β-unsaturated/α-hetero) is 2. The molecule has 0 heterocycles. The van der Waals surface area contributed by atoms with Gasteiger partial charge in [0.25, 0.3) is 0 Å². The summed E-state index contributed by atoms with van der Waals surface area (Å²) in [5, 5.41) is 8.82. The minimum atomic E-state index is -0.0861. The first-order valence-electron chi connectivity index (χ1n) is 6.99. The second-order valence-corrected chi connectivity index (χ2v) is 5.29. The molecule has 3 heteroatoms. The maximum Gasteiger partial charge on any atom is 0.190 e. The van der Waals surface area contributed by atoms with E-state index in [1.807, 2.05) is 12.1 Å². The third-order valence-electron chi connectivity index (χ3n) is 3.95. The van der Waals surface area contributed by atoms with Crippen molar-refractivity contribution in [3.8, 4) is 6.07 Å². The summed E-state index contributed by atoms with van der Waals surface area (Å²) in [6, 6.07) is 16.1. The van der Waals surface area contributed by atoms with Gasteiger partial charge in [0.05, 0.1) is 11.6 Å². The van der Waals surface area contributed by atoms with Gasteiger partial charge in [0, 0.05) is 28.7 Å². The maximum absolute atomic E-state index is 12.6. The van der Waals surface area contributed by atoms with Crippen molar-refractivity contribution < 1.29 is 9.59 Å². The number of nitrogens with zero attached hydrogens (tertiary/aromatic N) is 1. The van der Waals surface area contributed by atoms with Crippen LogP contribution in [0.5, 0.6) is 0 Å². The summed E-state index contributed by atoms with van der Waals surface area (Å²) < 4.78 is 0. The third-order valence-corrected chi connectivity index (χ3v) is 3.95. The smallest absolute Gasteiger partial charge is 0.190 e. The Balaban J connectivity index is 2.00. The predicted octanol–water partition coefficient (Wildman–Crippen LogP) is 3.50. The molecule has 2 aromatic carbocycles. The normalized spacial score (nSPS) is 13.8. The number of fused-ring (bicyclic) bond motifs is 1. The van der Waals surface area contributed by atoms with E-state index >= 15 is 0 Å². The fourth-order valence-corrected chi connectivity index (χ4v) is 2.67. The van der Waals surface area contributed by atoms with E-state index < -0.39 is 0 Å². The van der Waals surface area contributed by atoms with E-state index in [0.29, 0.717) is 34.3 Å². The van der Waals surface area contributed by atoms with Crippen LogP contribution in [0.4, 0.5) is 0 Å². The average Bonchev–Trinajstić information content (AvgIpc) is 2.57. The van der Waals surface area contributed by atoms with Crippen molar-refractivity contribution in [2.45, 2.75) is 13.3 Å². The fraction of sp³-hybridized carbons (Fsp3) is 0.105. The number of benzene rings is 2. The molecule has 3 nitrogen and oxygen atoms in total. The number of hydrogen-bond acceptors (Lipinski definition) is 3. The van der Waals surface area contributed by atoms with Gasteiger partial charge in [-0.1, -0.05) is 36.4 Å². The van der Waals surface area contributed by atoms with E-state index in [1.165, 1.54) is 0 Å². The number of allylic oxidation sites excluding steroid dienone is 2. The van der Waals surface area contributed by atoms with E-state index in [4.69, 9.17) is 5.26 Å². The monoisotopic (exact) mass is 287 g/mol. The Labute approximate surface area is 128 Å². The molecule has 106 valence electrons. The summed E-state index contributed by atoms with van der Waals surface area (Å²) >= 11 is 0. The standard InChI is InChI=1S/C19H13NO2/c1-12-17(10-13-6-8-14(11-20)9-7-13)19(22)16-5-3-2-4-15(16)18(12)21/h2-9H,10H2,1H3. The minimum absolute atomic E-state index is 0.0844. The Hall–Kier alpha value is -2.99. The molecule has 0 saturated heterocycles. The molecule has 0 fully saturated rings. The summed E-state index contributed by atoms with van der Waals surface area (Å²) in [5.74, 6) is -0.170. The highest BCUT2D eigenvalue weighted by atomic mass is 16.1. The molecule has 22 heavy (non-hydrogen) atoms. The largest absolute Gasteiger partial charge is 0.289 e. The fourth-order valence-electron chi connectivity index (χ4n) is 2.67. The molecular formula is C19H13NO2. The van der Waals surface area contributed by atoms with Crippen molar-refractivity contribution in [3.63, 3.8) is 0 Å². The number of carbonyl (C=O) groups is 2. The number of nitriles is 1. The van der Waals surface area contributed by atoms with Crippen LogP contribution in [-0.2, 0) is 6.42 Å². The molecule has 0 aliphatic heterocycles. The van der Waals surface area contributed by atoms with Crippen molar-refractivity contribution >= 4 is 11.6 Å². The van der Waals surface area contributed by atoms with E-state index in [0.717, 1.165) is 5.56 Å². The first-order valence-corrected chi connectivity index (χ1v) is 6.99. The summed E-state index contributed by atoms with van der Waals surface area (Å²) in [6.45, 7) is 1.70. The molecule has 0 spiro atoms. The van der Waals surface area contributed by atoms with Gasteiger partial charge in [0.15, 0.2) is 11.6 Å². The molecule has 2 aromatic rings. The summed E-state index contributed by atoms with van der Waals surface area (Å²) in [4.78, 5) is 25.0. The molecular weight excluding hydrogens is 274 g/mol. The van der Waals surface area contributed by atoms with E-state index in [9.17, 15) is 9.59 Å². The van der Waals surface area contributed by atoms with Crippen LogP contribution in [0.1, 0.15) is 38.8 Å². The number of rotatable bonds is 2. The van der Waals surface area contributed by atoms with Crippen LogP contribution in [0.3, 0.4) is 0 Å². The number of carbonyl (C=O) groups excluding carboxylic acids is 2. The lowest BCUT2D eigenvalue weighted by Crippen LogP contribution is -2.22. The molecule has 0 N–H and O–H groups in total. The molecule has 0 unspecified atom stereocenters. The van der Waals surface area contributed by atoms with Crippen molar-refractivity contribution in [1.29, 1.82) is 5.26 Å². The Morgan fingerprint density at radius 1 is 0.909 bits per heavy atom. The second kappa shape index (κ2) is 5.42. The Morgan fingerprint density at radius 3 is 2.09 bits per heavy atom. The number of hydrogen-bond donors (Lipinski definition) is 0. The lowest BCUT2D eigenvalue weighted by molar-refractivity contribution is 0.0973. The topological polar surface area (TPSA) is 57.9 Å². The zero-order chi connectivity index (χ0) is 15.7. The van der Waals surface area contributed by atoms with Gasteiger partial charge in [0.2, 0.25) is 0 Å². The Bertz CT molecular complexity index is 852. The van der Waals surface area contributed by atoms with E-state index in [-0.39, 0.29) is 11.6 Å². The molecule has 1 aliphatic carbocycles. The van der Waals surface area contributed by atoms with Crippen molar-refractivity contribution in [1.82, 2.24) is 0 Å². The highest BCUT2D eigenvalue weighted by Gasteiger charge is 2.29. The molecule has 0 radical (unpaired) electrons. The van der Waals surface area contributed by atoms with Gasteiger partial charge in [-0.25, -0.2) is 0 Å². The van der Waals surface area contributed by atoms with Crippen LogP contribution in [0.2, 0.25) is 0 Å². The van der Waals surface area contributed by atoms with Gasteiger partial charge in [-0.15, -0.1) is 0 Å². The van der Waals surface area contributed by atoms with Crippen LogP contribution in [0, 0.1) is 11.3 Å². The van der Waals surface area contributed by atoms with Gasteiger partial charge < -0.3 is 0 Å². The first kappa shape index (κ1) is 14.0. The van der Waals surface area contributed by atoms with Crippen LogP contribution < -0.4 is 0 Å². The van der Waals surface area contributed by atoms with E-state index in [2.05, 4.69) is 6.07 Å². The highest BCUT2D eigenvalue weighted by molar-refractivity contribution is 6.26. The maximum atomic E-state index is 12.6. The predicted molar refractivity (Wildman–Crippen MR) is 82.7 cm³/mol. The van der Waals surface area contributed by atoms with Crippen molar-refractivity contribution in [2.24, 2.45) is 0 Å². The molecule has 0 saturated carbocycles. The average molecular weight is 287 g/mol. The Kier molecular flexibility index (Phi) is 3.44. The van der Waals surface area contributed by atoms with Gasteiger partial charge in [-0.2, -0.15) is 5.26 Å². The zero-order valence-corrected chi connectivity index (χ0v) is 12.1. The van der Waals surface area contributed by atoms with Crippen LogP contribution in [0.15, 0.2) is 59.7 Å². The van der Waals surface area contributed by atoms with Gasteiger partial charge in [-0.3, -0.25) is 9.59 Å². The molecule has 0 bridgehead atoms. The van der Waals surface area contributed by atoms with Gasteiger partial charge in [-0.05, 0) is 24.6 Å². The highest BCUT2D eigenvalue weighted by Crippen LogP contribution is 2.28. The molecule has 0 aromatic heterocycles. The second-order valence-electron chi connectivity index (χ2n) is 5.29. The van der Waals surface area contributed by atoms with Crippen LogP contribution in [0.25, 0.3) is 0 Å². The number of ketones is 2. The molecule has 0 atom stereocenters. The lowest BCUT2D eigenvalue weighted by atomic mass is 9.82. The van der Waals surface area contributed by atoms with Gasteiger partial charge in [0.1, 0.15) is 0 Å². The van der Waals surface area contributed by atoms with Crippen molar-refractivity contribution in [2.75, 3.05) is 0 Å². The minimum Gasteiger partial charge on any atom is -0.289 e. The molecule has 1 aliphatic rings. The summed E-state index contributed by atoms with van der Waals surface area (Å²) in [5.41, 5.74) is 3.48.